The monoisotopic (exact) mass is 431 g/mol. The predicted molar refractivity (Wildman–Crippen MR) is 111 cm³/mol. The molecular weight excluding hydrogens is 405 g/mol. The maximum atomic E-state index is 13.5. The highest BCUT2D eigenvalue weighted by molar-refractivity contribution is 6.42. The number of aliphatic hydroxyl groups is 2. The van der Waals surface area contributed by atoms with Gasteiger partial charge in [0.25, 0.3) is 17.6 Å². The van der Waals surface area contributed by atoms with E-state index in [-0.39, 0.29) is 17.1 Å². The van der Waals surface area contributed by atoms with E-state index in [1.165, 1.54) is 31.2 Å². The molecule has 2 heterocycles. The van der Waals surface area contributed by atoms with E-state index in [2.05, 4.69) is 10.6 Å². The van der Waals surface area contributed by atoms with E-state index in [1.54, 1.807) is 11.5 Å². The number of aryl methyl sites for hydroxylation is 1. The molecule has 0 bridgehead atoms. The van der Waals surface area contributed by atoms with Crippen molar-refractivity contribution in [3.8, 4) is 0 Å². The van der Waals surface area contributed by atoms with Gasteiger partial charge in [0.05, 0.1) is 30.0 Å². The summed E-state index contributed by atoms with van der Waals surface area (Å²) < 4.78 is 15.2. The molecule has 2 aromatic rings. The van der Waals surface area contributed by atoms with Crippen molar-refractivity contribution in [3.05, 3.63) is 52.6 Å². The van der Waals surface area contributed by atoms with Crippen LogP contribution in [0.5, 0.6) is 0 Å². The standard InChI is InChI=1S/C22H26FN3O5/c1-12-9-14(6-7-16(12)23)24-21(30)15-10-19(26-8-4-3-5-18(15)26)20(29)22(31)25-17(11-27)13(2)28/h6-7,9-10,13,17,27-28H,3-5,8,11H2,1-2H3,(H,24,30)(H,25,31). The van der Waals surface area contributed by atoms with Crippen LogP contribution in [0.2, 0.25) is 0 Å². The van der Waals surface area contributed by atoms with Gasteiger partial charge in [-0.3, -0.25) is 14.4 Å². The van der Waals surface area contributed by atoms with Crippen molar-refractivity contribution in [1.29, 1.82) is 0 Å². The van der Waals surface area contributed by atoms with E-state index >= 15 is 0 Å². The molecule has 31 heavy (non-hydrogen) atoms. The van der Waals surface area contributed by atoms with E-state index < -0.39 is 36.4 Å². The second-order valence-electron chi connectivity index (χ2n) is 7.75. The Balaban J connectivity index is 1.88. The molecule has 2 unspecified atom stereocenters. The van der Waals surface area contributed by atoms with Gasteiger partial charge in [0.15, 0.2) is 0 Å². The van der Waals surface area contributed by atoms with E-state index in [1.807, 2.05) is 0 Å². The summed E-state index contributed by atoms with van der Waals surface area (Å²) in [6.07, 6.45) is 1.18. The quantitative estimate of drug-likeness (QED) is 0.392. The normalized spacial score (nSPS) is 15.0. The Morgan fingerprint density at radius 1 is 1.23 bits per heavy atom. The van der Waals surface area contributed by atoms with Crippen LogP contribution in [-0.4, -0.2) is 51.1 Å². The number of halogens is 1. The van der Waals surface area contributed by atoms with Crippen molar-refractivity contribution in [2.45, 2.75) is 51.8 Å². The van der Waals surface area contributed by atoms with Crippen molar-refractivity contribution in [2.24, 2.45) is 0 Å². The number of carbonyl (C=O) groups is 3. The highest BCUT2D eigenvalue weighted by Gasteiger charge is 2.30. The smallest absolute Gasteiger partial charge is 0.294 e. The first-order valence-electron chi connectivity index (χ1n) is 10.2. The summed E-state index contributed by atoms with van der Waals surface area (Å²) in [6.45, 7) is 2.96. The molecule has 2 atom stereocenters. The fraction of sp³-hybridized carbons (Fsp3) is 0.409. The number of aromatic nitrogens is 1. The zero-order valence-corrected chi connectivity index (χ0v) is 17.4. The predicted octanol–water partition coefficient (Wildman–Crippen LogP) is 1.56. The highest BCUT2D eigenvalue weighted by atomic mass is 19.1. The van der Waals surface area contributed by atoms with Gasteiger partial charge in [0.2, 0.25) is 0 Å². The molecule has 0 saturated heterocycles. The largest absolute Gasteiger partial charge is 0.394 e. The molecule has 1 aromatic carbocycles. The van der Waals surface area contributed by atoms with Gasteiger partial charge in [-0.1, -0.05) is 0 Å². The van der Waals surface area contributed by atoms with Crippen LogP contribution in [0, 0.1) is 12.7 Å². The third-order valence-corrected chi connectivity index (χ3v) is 5.45. The van der Waals surface area contributed by atoms with Crippen molar-refractivity contribution in [2.75, 3.05) is 11.9 Å². The number of benzene rings is 1. The highest BCUT2D eigenvalue weighted by Crippen LogP contribution is 2.25. The first kappa shape index (κ1) is 22.6. The second kappa shape index (κ2) is 9.40. The van der Waals surface area contributed by atoms with Crippen LogP contribution < -0.4 is 10.6 Å². The van der Waals surface area contributed by atoms with Crippen LogP contribution in [0.15, 0.2) is 24.3 Å². The van der Waals surface area contributed by atoms with Gasteiger partial charge >= 0.3 is 0 Å². The zero-order valence-electron chi connectivity index (χ0n) is 17.4. The van der Waals surface area contributed by atoms with Crippen molar-refractivity contribution in [3.63, 3.8) is 0 Å². The molecule has 2 amide bonds. The Kier molecular flexibility index (Phi) is 6.87. The molecule has 0 fully saturated rings. The van der Waals surface area contributed by atoms with Gasteiger partial charge in [-0.2, -0.15) is 0 Å². The number of aliphatic hydroxyl groups excluding tert-OH is 2. The Hall–Kier alpha value is -3.04. The molecule has 3 rings (SSSR count). The Morgan fingerprint density at radius 2 is 1.97 bits per heavy atom. The molecule has 1 aliphatic heterocycles. The molecule has 0 saturated carbocycles. The zero-order chi connectivity index (χ0) is 22.7. The van der Waals surface area contributed by atoms with Gasteiger partial charge in [-0.25, -0.2) is 4.39 Å². The Bertz CT molecular complexity index is 1010. The van der Waals surface area contributed by atoms with Crippen LogP contribution in [0.3, 0.4) is 0 Å². The van der Waals surface area contributed by atoms with Crippen LogP contribution in [0.1, 0.15) is 51.9 Å². The topological polar surface area (TPSA) is 121 Å². The van der Waals surface area contributed by atoms with Crippen LogP contribution >= 0.6 is 0 Å². The third kappa shape index (κ3) is 4.83. The fourth-order valence-corrected chi connectivity index (χ4v) is 3.65. The first-order valence-corrected chi connectivity index (χ1v) is 10.2. The maximum absolute atomic E-state index is 13.5. The number of anilines is 1. The molecule has 0 aliphatic carbocycles. The lowest BCUT2D eigenvalue weighted by atomic mass is 10.1. The molecule has 166 valence electrons. The number of nitrogens with one attached hydrogen (secondary N) is 2. The summed E-state index contributed by atoms with van der Waals surface area (Å²) in [6, 6.07) is 4.65. The molecular formula is C22H26FN3O5. The molecule has 9 heteroatoms. The minimum absolute atomic E-state index is 0.0786. The number of hydrogen-bond donors (Lipinski definition) is 4. The summed E-state index contributed by atoms with van der Waals surface area (Å²) in [4.78, 5) is 38.1. The number of carbonyl (C=O) groups excluding carboxylic acids is 3. The van der Waals surface area contributed by atoms with E-state index in [4.69, 9.17) is 0 Å². The summed E-state index contributed by atoms with van der Waals surface area (Å²) in [5.41, 5.74) is 1.84. The van der Waals surface area contributed by atoms with Gasteiger partial charge in [0.1, 0.15) is 5.82 Å². The number of nitrogens with zero attached hydrogens (tertiary/aromatic N) is 1. The lowest BCUT2D eigenvalue weighted by Gasteiger charge is -2.20. The van der Waals surface area contributed by atoms with Crippen molar-refractivity contribution < 1.29 is 29.0 Å². The summed E-state index contributed by atoms with van der Waals surface area (Å²) in [5.74, 6) is -2.64. The molecule has 1 aromatic heterocycles. The summed E-state index contributed by atoms with van der Waals surface area (Å²) in [5, 5.41) is 23.9. The van der Waals surface area contributed by atoms with Crippen molar-refractivity contribution >= 4 is 23.3 Å². The Morgan fingerprint density at radius 3 is 2.61 bits per heavy atom. The summed E-state index contributed by atoms with van der Waals surface area (Å²) in [7, 11) is 0. The summed E-state index contributed by atoms with van der Waals surface area (Å²) >= 11 is 0. The lowest BCUT2D eigenvalue weighted by Crippen LogP contribution is -2.47. The molecule has 0 spiro atoms. The third-order valence-electron chi connectivity index (χ3n) is 5.45. The number of Topliss-reactive ketones (excluding diaryl/α,β-unsaturated/α-hetero) is 1. The number of hydrogen-bond acceptors (Lipinski definition) is 5. The molecule has 4 N–H and O–H groups in total. The molecule has 1 aliphatic rings. The lowest BCUT2D eigenvalue weighted by molar-refractivity contribution is -0.118. The minimum Gasteiger partial charge on any atom is -0.394 e. The number of rotatable bonds is 7. The van der Waals surface area contributed by atoms with Crippen LogP contribution in [0.25, 0.3) is 0 Å². The van der Waals surface area contributed by atoms with Crippen LogP contribution in [-0.2, 0) is 17.8 Å². The van der Waals surface area contributed by atoms with Gasteiger partial charge in [-0.15, -0.1) is 0 Å². The first-order chi connectivity index (χ1) is 14.7. The average Bonchev–Trinajstić information content (AvgIpc) is 3.13. The van der Waals surface area contributed by atoms with E-state index in [0.717, 1.165) is 12.8 Å². The van der Waals surface area contributed by atoms with Gasteiger partial charge in [-0.05, 0) is 62.9 Å². The average molecular weight is 431 g/mol. The fourth-order valence-electron chi connectivity index (χ4n) is 3.65. The van der Waals surface area contributed by atoms with Crippen LogP contribution in [0.4, 0.5) is 10.1 Å². The SMILES string of the molecule is Cc1cc(NC(=O)c2cc(C(=O)C(=O)NC(CO)C(C)O)n3c2CCCC3)ccc1F. The molecule has 8 nitrogen and oxygen atoms in total. The minimum atomic E-state index is -1.04. The number of ketones is 1. The Labute approximate surface area is 179 Å². The van der Waals surface area contributed by atoms with Gasteiger partial charge in [0, 0.05) is 17.9 Å². The van der Waals surface area contributed by atoms with Crippen molar-refractivity contribution in [1.82, 2.24) is 9.88 Å². The number of amides is 2. The van der Waals surface area contributed by atoms with E-state index in [0.29, 0.717) is 29.9 Å². The molecule has 0 radical (unpaired) electrons. The maximum Gasteiger partial charge on any atom is 0.294 e. The van der Waals surface area contributed by atoms with Gasteiger partial charge < -0.3 is 25.4 Å². The van der Waals surface area contributed by atoms with E-state index in [9.17, 15) is 29.0 Å². The second-order valence-corrected chi connectivity index (χ2v) is 7.75. The number of fused-ring (bicyclic) bond motifs is 1.